The Labute approximate surface area is 337 Å². The van der Waals surface area contributed by atoms with Crippen molar-refractivity contribution in [2.75, 3.05) is 0 Å². The van der Waals surface area contributed by atoms with Gasteiger partial charge in [0, 0.05) is 69.2 Å². The molecule has 6 heteroatoms. The van der Waals surface area contributed by atoms with Crippen LogP contribution in [0, 0.1) is 0 Å². The van der Waals surface area contributed by atoms with Gasteiger partial charge >= 0.3 is 0 Å². The molecular weight excluding hydrogens is 709 g/mol. The number of benzene rings is 6. The molecule has 0 spiro atoms. The average Bonchev–Trinajstić information content (AvgIpc) is 3.73. The SMILES string of the molecule is CC1(C)c2ccccc2-c2cc3c4ccccc4n(-c4c(-c5ccccc5)cc(-c5nc(-c6ccncc6)nc(C6C=CN=CC6)n5)cc4-c4ccccc4)c3cc21. The molecule has 9 aromatic rings. The second-order valence-corrected chi connectivity index (χ2v) is 15.7. The first-order valence-electron chi connectivity index (χ1n) is 19.8. The molecule has 0 fully saturated rings. The van der Waals surface area contributed by atoms with Crippen molar-refractivity contribution in [1.29, 1.82) is 0 Å². The van der Waals surface area contributed by atoms with E-state index in [1.165, 1.54) is 38.5 Å². The van der Waals surface area contributed by atoms with Crippen molar-refractivity contribution in [3.05, 3.63) is 187 Å². The summed E-state index contributed by atoms with van der Waals surface area (Å²) in [7, 11) is 0. The summed E-state index contributed by atoms with van der Waals surface area (Å²) >= 11 is 0. The van der Waals surface area contributed by atoms with E-state index in [-0.39, 0.29) is 11.3 Å². The van der Waals surface area contributed by atoms with Crippen molar-refractivity contribution in [3.63, 3.8) is 0 Å². The van der Waals surface area contributed by atoms with Gasteiger partial charge in [-0.25, -0.2) is 15.0 Å². The molecule has 11 rings (SSSR count). The summed E-state index contributed by atoms with van der Waals surface area (Å²) in [6.07, 6.45) is 10.1. The molecule has 58 heavy (non-hydrogen) atoms. The summed E-state index contributed by atoms with van der Waals surface area (Å²) in [6.45, 7) is 4.71. The number of hydrogen-bond donors (Lipinski definition) is 0. The predicted molar refractivity (Wildman–Crippen MR) is 236 cm³/mol. The van der Waals surface area contributed by atoms with Crippen LogP contribution in [0.1, 0.15) is 43.1 Å². The smallest absolute Gasteiger partial charge is 0.163 e. The fraction of sp³-hybridized carbons (Fsp3) is 0.0962. The zero-order valence-corrected chi connectivity index (χ0v) is 32.2. The zero-order chi connectivity index (χ0) is 38.8. The van der Waals surface area contributed by atoms with Crippen LogP contribution in [0.25, 0.3) is 83.6 Å². The van der Waals surface area contributed by atoms with Crippen molar-refractivity contribution in [1.82, 2.24) is 24.5 Å². The van der Waals surface area contributed by atoms with Gasteiger partial charge in [0.25, 0.3) is 0 Å². The lowest BCUT2D eigenvalue weighted by Crippen LogP contribution is -2.15. The van der Waals surface area contributed by atoms with Gasteiger partial charge in [-0.15, -0.1) is 0 Å². The zero-order valence-electron chi connectivity index (χ0n) is 32.2. The van der Waals surface area contributed by atoms with Gasteiger partial charge in [0.2, 0.25) is 0 Å². The maximum atomic E-state index is 5.23. The minimum absolute atomic E-state index is 0.0176. The number of para-hydroxylation sites is 1. The summed E-state index contributed by atoms with van der Waals surface area (Å²) in [5.74, 6) is 1.93. The van der Waals surface area contributed by atoms with Gasteiger partial charge in [-0.05, 0) is 82.3 Å². The Kier molecular flexibility index (Phi) is 7.86. The lowest BCUT2D eigenvalue weighted by atomic mass is 9.82. The van der Waals surface area contributed by atoms with E-state index in [1.54, 1.807) is 12.4 Å². The monoisotopic (exact) mass is 746 g/mol. The Morgan fingerprint density at radius 1 is 0.534 bits per heavy atom. The Morgan fingerprint density at radius 3 is 1.90 bits per heavy atom. The molecule has 2 aliphatic rings. The van der Waals surface area contributed by atoms with Crippen LogP contribution < -0.4 is 0 Å². The lowest BCUT2D eigenvalue weighted by Gasteiger charge is -2.23. The van der Waals surface area contributed by atoms with Crippen LogP contribution in [-0.4, -0.2) is 30.7 Å². The minimum atomic E-state index is -0.155. The third-order valence-corrected chi connectivity index (χ3v) is 11.9. The molecule has 6 aromatic carbocycles. The number of fused-ring (bicyclic) bond motifs is 6. The third kappa shape index (κ3) is 5.44. The van der Waals surface area contributed by atoms with Gasteiger partial charge < -0.3 is 4.57 Å². The maximum absolute atomic E-state index is 5.23. The van der Waals surface area contributed by atoms with E-state index in [0.29, 0.717) is 17.5 Å². The van der Waals surface area contributed by atoms with Gasteiger partial charge in [0.15, 0.2) is 11.6 Å². The number of aromatic nitrogens is 5. The highest BCUT2D eigenvalue weighted by molar-refractivity contribution is 6.13. The van der Waals surface area contributed by atoms with E-state index >= 15 is 0 Å². The van der Waals surface area contributed by atoms with Crippen molar-refractivity contribution in [2.45, 2.75) is 31.6 Å². The first kappa shape index (κ1) is 34.0. The van der Waals surface area contributed by atoms with Crippen LogP contribution in [0.5, 0.6) is 0 Å². The van der Waals surface area contributed by atoms with Crippen molar-refractivity contribution < 1.29 is 0 Å². The molecular formula is C52H38N6. The van der Waals surface area contributed by atoms with E-state index in [9.17, 15) is 0 Å². The Hall–Kier alpha value is -7.31. The van der Waals surface area contributed by atoms with Crippen LogP contribution in [0.15, 0.2) is 175 Å². The highest BCUT2D eigenvalue weighted by atomic mass is 15.0. The standard InChI is InChI=1S/C52H38N6/c1-52(2)44-19-11-9-17-38(44)42-31-43-39-18-10-12-20-46(39)58(47(43)32-45(42)52)48-40(33-13-5-3-6-14-33)29-37(30-41(48)34-15-7-4-8-16-34)51-56-49(35-21-25-53-26-22-35)55-50(57-51)36-23-27-54-28-24-36/h3-23,25-32,36H,24H2,1-2H3. The highest BCUT2D eigenvalue weighted by Crippen LogP contribution is 2.52. The summed E-state index contributed by atoms with van der Waals surface area (Å²) in [5.41, 5.74) is 14.8. The molecule has 6 nitrogen and oxygen atoms in total. The molecule has 0 bridgehead atoms. The van der Waals surface area contributed by atoms with Gasteiger partial charge in [0.05, 0.1) is 16.7 Å². The topological polar surface area (TPSA) is 68.8 Å². The molecule has 0 N–H and O–H groups in total. The number of nitrogens with zero attached hydrogens (tertiary/aromatic N) is 6. The maximum Gasteiger partial charge on any atom is 0.163 e. The number of hydrogen-bond acceptors (Lipinski definition) is 5. The van der Waals surface area contributed by atoms with Gasteiger partial charge in [-0.3, -0.25) is 9.98 Å². The number of rotatable bonds is 6. The second-order valence-electron chi connectivity index (χ2n) is 15.7. The normalized spacial score (nSPS) is 15.2. The molecule has 4 heterocycles. The molecule has 276 valence electrons. The predicted octanol–water partition coefficient (Wildman–Crippen LogP) is 12.4. The van der Waals surface area contributed by atoms with E-state index < -0.39 is 0 Å². The Morgan fingerprint density at radius 2 is 1.19 bits per heavy atom. The van der Waals surface area contributed by atoms with E-state index in [1.807, 2.05) is 24.5 Å². The molecule has 0 radical (unpaired) electrons. The van der Waals surface area contributed by atoms with Crippen LogP contribution in [0.2, 0.25) is 0 Å². The number of aliphatic imine (C=N–C) groups is 1. The second kappa shape index (κ2) is 13.4. The quantitative estimate of drug-likeness (QED) is 0.170. The van der Waals surface area contributed by atoms with Crippen molar-refractivity contribution in [2.24, 2.45) is 4.99 Å². The van der Waals surface area contributed by atoms with Crippen LogP contribution in [-0.2, 0) is 5.41 Å². The largest absolute Gasteiger partial charge is 0.308 e. The minimum Gasteiger partial charge on any atom is -0.308 e. The first-order chi connectivity index (χ1) is 28.5. The fourth-order valence-electron chi connectivity index (χ4n) is 9.06. The fourth-order valence-corrected chi connectivity index (χ4v) is 9.06. The highest BCUT2D eigenvalue weighted by Gasteiger charge is 2.36. The van der Waals surface area contributed by atoms with E-state index in [4.69, 9.17) is 15.0 Å². The molecule has 1 aliphatic carbocycles. The van der Waals surface area contributed by atoms with Crippen molar-refractivity contribution in [3.8, 4) is 61.8 Å². The van der Waals surface area contributed by atoms with Gasteiger partial charge in [-0.1, -0.05) is 123 Å². The van der Waals surface area contributed by atoms with Crippen LogP contribution in [0.4, 0.5) is 0 Å². The summed E-state index contributed by atoms with van der Waals surface area (Å²) in [4.78, 5) is 24.1. The summed E-state index contributed by atoms with van der Waals surface area (Å²) in [5, 5.41) is 2.45. The van der Waals surface area contributed by atoms with Crippen LogP contribution >= 0.6 is 0 Å². The summed E-state index contributed by atoms with van der Waals surface area (Å²) < 4.78 is 2.51. The van der Waals surface area contributed by atoms with Crippen molar-refractivity contribution >= 4 is 28.0 Å². The van der Waals surface area contributed by atoms with E-state index in [0.717, 1.165) is 51.0 Å². The number of allylic oxidation sites excluding steroid dienone is 1. The third-order valence-electron chi connectivity index (χ3n) is 11.9. The van der Waals surface area contributed by atoms with Gasteiger partial charge in [0.1, 0.15) is 5.82 Å². The molecule has 0 saturated heterocycles. The summed E-state index contributed by atoms with van der Waals surface area (Å²) in [6, 6.07) is 52.5. The molecule has 1 aliphatic heterocycles. The molecule has 0 saturated carbocycles. The number of pyridine rings is 1. The van der Waals surface area contributed by atoms with E-state index in [2.05, 4.69) is 168 Å². The lowest BCUT2D eigenvalue weighted by molar-refractivity contribution is 0.661. The van der Waals surface area contributed by atoms with Gasteiger partial charge in [-0.2, -0.15) is 0 Å². The Bertz CT molecular complexity index is 3050. The molecule has 3 aromatic heterocycles. The molecule has 0 amide bonds. The van der Waals surface area contributed by atoms with Crippen LogP contribution in [0.3, 0.4) is 0 Å². The molecule has 1 unspecified atom stereocenters. The molecule has 1 atom stereocenters. The first-order valence-corrected chi connectivity index (χ1v) is 19.8. The Balaban J connectivity index is 1.24. The average molecular weight is 747 g/mol.